The fraction of sp³-hybridized carbons (Fsp3) is 0.500. The predicted octanol–water partition coefficient (Wildman–Crippen LogP) is 3.22. The first-order valence-corrected chi connectivity index (χ1v) is 10.8. The zero-order valence-corrected chi connectivity index (χ0v) is 16.0. The van der Waals surface area contributed by atoms with Gasteiger partial charge in [-0.15, -0.1) is 0 Å². The number of nitrogens with zero attached hydrogens (tertiary/aromatic N) is 1. The van der Waals surface area contributed by atoms with Crippen molar-refractivity contribution in [3.8, 4) is 0 Å². The number of rotatable bonds is 4. The van der Waals surface area contributed by atoms with Gasteiger partial charge in [0.15, 0.2) is 0 Å². The molecule has 2 aromatic rings. The van der Waals surface area contributed by atoms with E-state index < -0.39 is 9.84 Å². The average molecular weight is 384 g/mol. The van der Waals surface area contributed by atoms with Crippen molar-refractivity contribution in [2.45, 2.75) is 26.2 Å². The van der Waals surface area contributed by atoms with Gasteiger partial charge in [0, 0.05) is 35.3 Å². The first-order valence-electron chi connectivity index (χ1n) is 8.34. The lowest BCUT2D eigenvalue weighted by molar-refractivity contribution is -0.132. The minimum atomic E-state index is -3.03. The number of piperidine rings is 1. The number of benzene rings is 1. The van der Waals surface area contributed by atoms with Gasteiger partial charge in [-0.25, -0.2) is 8.42 Å². The highest BCUT2D eigenvalue weighted by atomic mass is 35.5. The summed E-state index contributed by atoms with van der Waals surface area (Å²) in [6.07, 6.45) is 4.77. The molecule has 2 heterocycles. The second-order valence-corrected chi connectivity index (χ2v) is 9.57. The number of hydrogen-bond acceptors (Lipinski definition) is 4. The Morgan fingerprint density at radius 2 is 2.16 bits per heavy atom. The Hall–Kier alpha value is -1.53. The molecule has 0 saturated carbocycles. The van der Waals surface area contributed by atoms with Crippen LogP contribution in [0.1, 0.15) is 24.0 Å². The molecular formula is C18H22ClNO4S. The molecule has 0 aliphatic carbocycles. The van der Waals surface area contributed by atoms with E-state index in [-0.39, 0.29) is 24.0 Å². The van der Waals surface area contributed by atoms with Crippen LogP contribution in [0.3, 0.4) is 0 Å². The maximum Gasteiger partial charge on any atom is 0.227 e. The minimum Gasteiger partial charge on any atom is -0.464 e. The average Bonchev–Trinajstić information content (AvgIpc) is 2.88. The molecule has 5 nitrogen and oxygen atoms in total. The number of sulfone groups is 1. The molecule has 136 valence electrons. The number of carbonyl (C=O) groups is 1. The number of furan rings is 1. The molecule has 1 aliphatic rings. The van der Waals surface area contributed by atoms with Crippen molar-refractivity contribution in [3.05, 3.63) is 34.5 Å². The summed E-state index contributed by atoms with van der Waals surface area (Å²) in [6, 6.07) is 3.70. The fourth-order valence-corrected chi connectivity index (χ4v) is 4.76. The highest BCUT2D eigenvalue weighted by Gasteiger charge is 2.26. The topological polar surface area (TPSA) is 67.6 Å². The van der Waals surface area contributed by atoms with Crippen LogP contribution in [-0.4, -0.2) is 44.3 Å². The van der Waals surface area contributed by atoms with Crippen LogP contribution in [0.15, 0.2) is 22.8 Å². The summed E-state index contributed by atoms with van der Waals surface area (Å²) in [5.41, 5.74) is 2.46. The Kier molecular flexibility index (Phi) is 5.11. The van der Waals surface area contributed by atoms with Gasteiger partial charge < -0.3 is 9.32 Å². The lowest BCUT2D eigenvalue weighted by Crippen LogP contribution is -2.42. The molecule has 1 aromatic heterocycles. The van der Waals surface area contributed by atoms with Crippen LogP contribution in [-0.2, 0) is 21.1 Å². The minimum absolute atomic E-state index is 0.00222. The summed E-state index contributed by atoms with van der Waals surface area (Å²) in [7, 11) is -3.03. The second-order valence-electron chi connectivity index (χ2n) is 6.98. The van der Waals surface area contributed by atoms with Gasteiger partial charge in [0.05, 0.1) is 18.4 Å². The molecule has 1 aliphatic heterocycles. The molecule has 0 unspecified atom stereocenters. The predicted molar refractivity (Wildman–Crippen MR) is 98.7 cm³/mol. The van der Waals surface area contributed by atoms with Gasteiger partial charge in [0.25, 0.3) is 0 Å². The number of aryl methyl sites for hydroxylation is 1. The van der Waals surface area contributed by atoms with Gasteiger partial charge >= 0.3 is 0 Å². The Bertz CT molecular complexity index is 903. The number of fused-ring (bicyclic) bond motifs is 1. The van der Waals surface area contributed by atoms with E-state index in [0.29, 0.717) is 18.1 Å². The normalized spacial score (nSPS) is 18.7. The van der Waals surface area contributed by atoms with Crippen molar-refractivity contribution in [3.63, 3.8) is 0 Å². The van der Waals surface area contributed by atoms with Gasteiger partial charge in [0.2, 0.25) is 5.91 Å². The van der Waals surface area contributed by atoms with Crippen LogP contribution in [0.25, 0.3) is 11.0 Å². The lowest BCUT2D eigenvalue weighted by atomic mass is 9.99. The van der Waals surface area contributed by atoms with E-state index in [1.165, 1.54) is 6.26 Å². The van der Waals surface area contributed by atoms with Crippen LogP contribution in [0, 0.1) is 12.8 Å². The van der Waals surface area contributed by atoms with Crippen molar-refractivity contribution in [2.24, 2.45) is 5.92 Å². The Morgan fingerprint density at radius 1 is 1.40 bits per heavy atom. The van der Waals surface area contributed by atoms with Crippen molar-refractivity contribution < 1.29 is 17.6 Å². The van der Waals surface area contributed by atoms with Crippen LogP contribution >= 0.6 is 11.6 Å². The van der Waals surface area contributed by atoms with E-state index in [4.69, 9.17) is 16.0 Å². The van der Waals surface area contributed by atoms with E-state index >= 15 is 0 Å². The van der Waals surface area contributed by atoms with Crippen LogP contribution in [0.2, 0.25) is 5.02 Å². The maximum absolute atomic E-state index is 12.7. The quantitative estimate of drug-likeness (QED) is 0.812. The third kappa shape index (κ3) is 4.36. The van der Waals surface area contributed by atoms with Gasteiger partial charge in [-0.1, -0.05) is 11.6 Å². The van der Waals surface area contributed by atoms with E-state index in [2.05, 4.69) is 0 Å². The van der Waals surface area contributed by atoms with Gasteiger partial charge in [-0.05, 0) is 43.4 Å². The summed E-state index contributed by atoms with van der Waals surface area (Å²) in [4.78, 5) is 14.4. The molecular weight excluding hydrogens is 362 g/mol. The van der Waals surface area contributed by atoms with Gasteiger partial charge in [0.1, 0.15) is 15.4 Å². The molecule has 0 N–H and O–H groups in total. The third-order valence-electron chi connectivity index (χ3n) is 4.69. The summed E-state index contributed by atoms with van der Waals surface area (Å²) in [6.45, 7) is 3.08. The lowest BCUT2D eigenvalue weighted by Gasteiger charge is -2.32. The maximum atomic E-state index is 12.7. The summed E-state index contributed by atoms with van der Waals surface area (Å²) >= 11 is 6.19. The summed E-state index contributed by atoms with van der Waals surface area (Å²) in [5, 5.41) is 1.50. The van der Waals surface area contributed by atoms with Gasteiger partial charge in [-0.2, -0.15) is 0 Å². The van der Waals surface area contributed by atoms with E-state index in [1.807, 2.05) is 19.1 Å². The van der Waals surface area contributed by atoms with Crippen LogP contribution in [0.5, 0.6) is 0 Å². The highest BCUT2D eigenvalue weighted by Crippen LogP contribution is 2.28. The van der Waals surface area contributed by atoms with E-state index in [0.717, 1.165) is 34.9 Å². The molecule has 25 heavy (non-hydrogen) atoms. The number of hydrogen-bond donors (Lipinski definition) is 0. The zero-order chi connectivity index (χ0) is 18.2. The smallest absolute Gasteiger partial charge is 0.227 e. The molecule has 7 heteroatoms. The standard InChI is InChI=1S/C18H22ClNO4S/c1-12-6-17-15(8-16(12)19)14(10-24-17)7-18(21)20-5-3-4-13(9-20)11-25(2,22)23/h6,8,10,13H,3-5,7,9,11H2,1-2H3/t13-/m0/s1. The SMILES string of the molecule is Cc1cc2occ(CC(=O)N3CCC[C@H](CS(C)(=O)=O)C3)c2cc1Cl. The van der Waals surface area contributed by atoms with Crippen LogP contribution < -0.4 is 0 Å². The number of likely N-dealkylation sites (tertiary alicyclic amines) is 1. The number of carbonyl (C=O) groups excluding carboxylic acids is 1. The van der Waals surface area contributed by atoms with Crippen molar-refractivity contribution in [1.29, 1.82) is 0 Å². The highest BCUT2D eigenvalue weighted by molar-refractivity contribution is 7.90. The molecule has 1 aromatic carbocycles. The molecule has 0 spiro atoms. The summed E-state index contributed by atoms with van der Waals surface area (Å²) in [5.74, 6) is 0.156. The van der Waals surface area contributed by atoms with Crippen molar-refractivity contribution in [1.82, 2.24) is 4.90 Å². The molecule has 1 atom stereocenters. The fourth-order valence-electron chi connectivity index (χ4n) is 3.47. The number of halogens is 1. The Morgan fingerprint density at radius 3 is 2.88 bits per heavy atom. The third-order valence-corrected chi connectivity index (χ3v) is 6.17. The Balaban J connectivity index is 1.73. The number of amides is 1. The summed E-state index contributed by atoms with van der Waals surface area (Å²) < 4.78 is 28.6. The molecule has 0 radical (unpaired) electrons. The van der Waals surface area contributed by atoms with E-state index in [9.17, 15) is 13.2 Å². The van der Waals surface area contributed by atoms with Crippen molar-refractivity contribution >= 4 is 38.3 Å². The molecule has 1 amide bonds. The first kappa shape index (κ1) is 18.3. The van der Waals surface area contributed by atoms with Crippen molar-refractivity contribution in [2.75, 3.05) is 25.1 Å². The van der Waals surface area contributed by atoms with E-state index in [1.54, 1.807) is 11.2 Å². The largest absolute Gasteiger partial charge is 0.464 e. The Labute approximate surface area is 152 Å². The molecule has 1 saturated heterocycles. The zero-order valence-electron chi connectivity index (χ0n) is 14.4. The monoisotopic (exact) mass is 383 g/mol. The first-order chi connectivity index (χ1) is 11.7. The van der Waals surface area contributed by atoms with Gasteiger partial charge in [-0.3, -0.25) is 4.79 Å². The van der Waals surface area contributed by atoms with Crippen LogP contribution in [0.4, 0.5) is 0 Å². The second kappa shape index (κ2) is 7.00. The molecule has 1 fully saturated rings. The molecule has 3 rings (SSSR count). The molecule has 0 bridgehead atoms.